The average molecular weight is 299 g/mol. The Labute approximate surface area is 121 Å². The number of anilines is 1. The van der Waals surface area contributed by atoms with Gasteiger partial charge in [0.15, 0.2) is 0 Å². The number of rotatable bonds is 5. The maximum atomic E-state index is 13.2. The molecule has 1 fully saturated rings. The first kappa shape index (κ1) is 14.8. The van der Waals surface area contributed by atoms with Crippen molar-refractivity contribution in [1.29, 1.82) is 0 Å². The highest BCUT2D eigenvalue weighted by molar-refractivity contribution is 6.30. The smallest absolute Gasteiger partial charge is 0.226 e. The van der Waals surface area contributed by atoms with Crippen LogP contribution in [0.25, 0.3) is 0 Å². The Hall–Kier alpha value is -1.62. The Morgan fingerprint density at radius 1 is 1.45 bits per heavy atom. The highest BCUT2D eigenvalue weighted by atomic mass is 35.5. The molecule has 0 radical (unpaired) electrons. The Bertz CT molecular complexity index is 536. The first-order chi connectivity index (χ1) is 9.47. The van der Waals surface area contributed by atoms with Crippen molar-refractivity contribution in [3.05, 3.63) is 29.0 Å². The van der Waals surface area contributed by atoms with Gasteiger partial charge in [0.2, 0.25) is 11.8 Å². The number of hydrogen-bond donors (Lipinski definition) is 2. The predicted octanol–water partition coefficient (Wildman–Crippen LogP) is 2.58. The van der Waals surface area contributed by atoms with E-state index < -0.39 is 5.82 Å². The van der Waals surface area contributed by atoms with Gasteiger partial charge >= 0.3 is 0 Å². The minimum Gasteiger partial charge on any atom is -0.355 e. The fraction of sp³-hybridized carbons (Fsp3) is 0.429. The molecule has 2 amide bonds. The predicted molar refractivity (Wildman–Crippen MR) is 74.9 cm³/mol. The molecule has 1 aromatic carbocycles. The molecule has 0 saturated heterocycles. The van der Waals surface area contributed by atoms with Crippen molar-refractivity contribution < 1.29 is 14.0 Å². The van der Waals surface area contributed by atoms with Gasteiger partial charge in [0.1, 0.15) is 5.82 Å². The Balaban J connectivity index is 1.72. The summed E-state index contributed by atoms with van der Waals surface area (Å²) in [6.07, 6.45) is 1.07. The number of halogens is 2. The van der Waals surface area contributed by atoms with Crippen molar-refractivity contribution in [1.82, 2.24) is 5.32 Å². The van der Waals surface area contributed by atoms with E-state index in [-0.39, 0.29) is 35.7 Å². The SMILES string of the molecule is C[C@H]1C[C@@H]1C(=O)NCCC(=O)Nc1ccc(Cl)c(F)c1. The number of nitrogens with one attached hydrogen (secondary N) is 2. The zero-order chi connectivity index (χ0) is 14.7. The van der Waals surface area contributed by atoms with E-state index >= 15 is 0 Å². The summed E-state index contributed by atoms with van der Waals surface area (Å²) in [4.78, 5) is 23.2. The van der Waals surface area contributed by atoms with E-state index in [1.807, 2.05) is 6.92 Å². The van der Waals surface area contributed by atoms with E-state index in [9.17, 15) is 14.0 Å². The van der Waals surface area contributed by atoms with Gasteiger partial charge in [-0.15, -0.1) is 0 Å². The van der Waals surface area contributed by atoms with Gasteiger partial charge in [0.25, 0.3) is 0 Å². The van der Waals surface area contributed by atoms with E-state index in [2.05, 4.69) is 10.6 Å². The van der Waals surface area contributed by atoms with Gasteiger partial charge in [-0.1, -0.05) is 18.5 Å². The lowest BCUT2D eigenvalue weighted by molar-refractivity contribution is -0.122. The third-order valence-corrected chi connectivity index (χ3v) is 3.61. The molecule has 108 valence electrons. The van der Waals surface area contributed by atoms with Crippen LogP contribution in [0.1, 0.15) is 19.8 Å². The Morgan fingerprint density at radius 3 is 2.75 bits per heavy atom. The van der Waals surface area contributed by atoms with Gasteiger partial charge < -0.3 is 10.6 Å². The van der Waals surface area contributed by atoms with Crippen molar-refractivity contribution in [3.63, 3.8) is 0 Å². The molecule has 20 heavy (non-hydrogen) atoms. The summed E-state index contributed by atoms with van der Waals surface area (Å²) in [5, 5.41) is 5.27. The fourth-order valence-electron chi connectivity index (χ4n) is 1.92. The summed E-state index contributed by atoms with van der Waals surface area (Å²) in [5.41, 5.74) is 0.346. The number of carbonyl (C=O) groups excluding carboxylic acids is 2. The largest absolute Gasteiger partial charge is 0.355 e. The number of benzene rings is 1. The molecule has 1 saturated carbocycles. The number of amides is 2. The summed E-state index contributed by atoms with van der Waals surface area (Å²) in [5.74, 6) is -0.316. The van der Waals surface area contributed by atoms with Gasteiger partial charge in [-0.25, -0.2) is 4.39 Å². The fourth-order valence-corrected chi connectivity index (χ4v) is 2.03. The molecular formula is C14H16ClFN2O2. The van der Waals surface area contributed by atoms with Gasteiger partial charge in [-0.3, -0.25) is 9.59 Å². The van der Waals surface area contributed by atoms with E-state index in [1.165, 1.54) is 12.1 Å². The zero-order valence-electron chi connectivity index (χ0n) is 11.1. The molecule has 0 unspecified atom stereocenters. The van der Waals surface area contributed by atoms with Crippen LogP contribution in [-0.2, 0) is 9.59 Å². The molecule has 2 rings (SSSR count). The van der Waals surface area contributed by atoms with Crippen LogP contribution in [0.2, 0.25) is 5.02 Å². The number of hydrogen-bond acceptors (Lipinski definition) is 2. The molecule has 2 N–H and O–H groups in total. The maximum absolute atomic E-state index is 13.2. The second-order valence-corrected chi connectivity index (χ2v) is 5.44. The van der Waals surface area contributed by atoms with Crippen LogP contribution in [0.15, 0.2) is 18.2 Å². The van der Waals surface area contributed by atoms with Crippen LogP contribution in [-0.4, -0.2) is 18.4 Å². The first-order valence-corrected chi connectivity index (χ1v) is 6.88. The molecule has 0 heterocycles. The van der Waals surface area contributed by atoms with Crippen molar-refractivity contribution in [3.8, 4) is 0 Å². The summed E-state index contributed by atoms with van der Waals surface area (Å²) in [7, 11) is 0. The minimum atomic E-state index is -0.583. The maximum Gasteiger partial charge on any atom is 0.226 e. The highest BCUT2D eigenvalue weighted by Crippen LogP contribution is 2.37. The van der Waals surface area contributed by atoms with Crippen LogP contribution in [0.4, 0.5) is 10.1 Å². The molecule has 1 aromatic rings. The van der Waals surface area contributed by atoms with Crippen LogP contribution in [0.5, 0.6) is 0 Å². The molecular weight excluding hydrogens is 283 g/mol. The molecule has 4 nitrogen and oxygen atoms in total. The van der Waals surface area contributed by atoms with Crippen LogP contribution in [0.3, 0.4) is 0 Å². The molecule has 0 bridgehead atoms. The van der Waals surface area contributed by atoms with Crippen molar-refractivity contribution in [2.45, 2.75) is 19.8 Å². The van der Waals surface area contributed by atoms with Gasteiger partial charge in [-0.2, -0.15) is 0 Å². The van der Waals surface area contributed by atoms with E-state index in [1.54, 1.807) is 0 Å². The summed E-state index contributed by atoms with van der Waals surface area (Å²) in [6, 6.07) is 4.06. The minimum absolute atomic E-state index is 0.00263. The average Bonchev–Trinajstić information content (AvgIpc) is 3.11. The van der Waals surface area contributed by atoms with Crippen LogP contribution in [0, 0.1) is 17.7 Å². The molecule has 0 spiro atoms. The third-order valence-electron chi connectivity index (χ3n) is 3.30. The molecule has 0 aliphatic heterocycles. The molecule has 2 atom stereocenters. The lowest BCUT2D eigenvalue weighted by Gasteiger charge is -2.07. The van der Waals surface area contributed by atoms with Gasteiger partial charge in [-0.05, 0) is 30.5 Å². The van der Waals surface area contributed by atoms with E-state index in [4.69, 9.17) is 11.6 Å². The summed E-state index contributed by atoms with van der Waals surface area (Å²) >= 11 is 5.55. The quantitative estimate of drug-likeness (QED) is 0.878. The second-order valence-electron chi connectivity index (χ2n) is 5.04. The third kappa shape index (κ3) is 3.93. The van der Waals surface area contributed by atoms with Crippen molar-refractivity contribution in [2.75, 3.05) is 11.9 Å². The summed E-state index contributed by atoms with van der Waals surface area (Å²) < 4.78 is 13.2. The second kappa shape index (κ2) is 6.22. The molecule has 1 aliphatic rings. The van der Waals surface area contributed by atoms with Crippen LogP contribution < -0.4 is 10.6 Å². The molecule has 6 heteroatoms. The lowest BCUT2D eigenvalue weighted by Crippen LogP contribution is -2.29. The molecule has 1 aliphatic carbocycles. The lowest BCUT2D eigenvalue weighted by atomic mass is 10.3. The first-order valence-electron chi connectivity index (χ1n) is 6.50. The monoisotopic (exact) mass is 298 g/mol. The Kier molecular flexibility index (Phi) is 4.60. The van der Waals surface area contributed by atoms with E-state index in [0.29, 0.717) is 11.6 Å². The Morgan fingerprint density at radius 2 is 2.15 bits per heavy atom. The van der Waals surface area contributed by atoms with Crippen LogP contribution >= 0.6 is 11.6 Å². The standard InChI is InChI=1S/C14H16ClFN2O2/c1-8-6-10(8)14(20)17-5-4-13(19)18-9-2-3-11(15)12(16)7-9/h2-3,7-8,10H,4-6H2,1H3,(H,17,20)(H,18,19)/t8-,10-/m0/s1. The van der Waals surface area contributed by atoms with Crippen molar-refractivity contribution in [2.24, 2.45) is 11.8 Å². The zero-order valence-corrected chi connectivity index (χ0v) is 11.8. The topological polar surface area (TPSA) is 58.2 Å². The number of carbonyl (C=O) groups is 2. The van der Waals surface area contributed by atoms with Crippen molar-refractivity contribution >= 4 is 29.1 Å². The molecule has 0 aromatic heterocycles. The highest BCUT2D eigenvalue weighted by Gasteiger charge is 2.38. The van der Waals surface area contributed by atoms with Gasteiger partial charge in [0, 0.05) is 24.6 Å². The summed E-state index contributed by atoms with van der Waals surface area (Å²) in [6.45, 7) is 2.30. The van der Waals surface area contributed by atoms with Gasteiger partial charge in [0.05, 0.1) is 5.02 Å². The normalized spacial score (nSPS) is 20.4. The van der Waals surface area contributed by atoms with E-state index in [0.717, 1.165) is 12.5 Å².